The number of halogens is 1. The molecule has 0 saturated carbocycles. The van der Waals surface area contributed by atoms with E-state index in [0.29, 0.717) is 6.54 Å². The van der Waals surface area contributed by atoms with E-state index in [1.807, 2.05) is 0 Å². The highest BCUT2D eigenvalue weighted by molar-refractivity contribution is 9.10. The van der Waals surface area contributed by atoms with Crippen molar-refractivity contribution in [1.29, 1.82) is 0 Å². The normalized spacial score (nSPS) is 20.5. The molecule has 0 radical (unpaired) electrons. The van der Waals surface area contributed by atoms with Crippen molar-refractivity contribution in [3.8, 4) is 0 Å². The van der Waals surface area contributed by atoms with Crippen LogP contribution in [-0.4, -0.2) is 24.3 Å². The molecule has 1 aromatic heterocycles. The molecule has 1 aromatic carbocycles. The van der Waals surface area contributed by atoms with Crippen LogP contribution in [-0.2, 0) is 23.1 Å². The monoisotopic (exact) mass is 320 g/mol. The molecule has 2 aliphatic rings. The Balaban J connectivity index is 1.97. The lowest BCUT2D eigenvalue weighted by Crippen LogP contribution is -2.52. The minimum atomic E-state index is 0.0453. The first-order valence-corrected chi connectivity index (χ1v) is 7.62. The first-order chi connectivity index (χ1) is 9.23. The molecule has 1 saturated heterocycles. The maximum absolute atomic E-state index is 6.00. The SMILES string of the molecule is NCC1(c2cc3c4c(c2)c(Br)cn4CCC3)COC1. The van der Waals surface area contributed by atoms with Crippen LogP contribution in [0.1, 0.15) is 17.5 Å². The van der Waals surface area contributed by atoms with Gasteiger partial charge in [-0.25, -0.2) is 0 Å². The Morgan fingerprint density at radius 3 is 2.89 bits per heavy atom. The van der Waals surface area contributed by atoms with E-state index in [9.17, 15) is 0 Å². The van der Waals surface area contributed by atoms with Crippen LogP contribution in [0.5, 0.6) is 0 Å². The average molecular weight is 321 g/mol. The van der Waals surface area contributed by atoms with Gasteiger partial charge in [0.1, 0.15) is 0 Å². The molecule has 4 rings (SSSR count). The minimum absolute atomic E-state index is 0.0453. The van der Waals surface area contributed by atoms with E-state index in [4.69, 9.17) is 10.5 Å². The van der Waals surface area contributed by atoms with E-state index in [2.05, 4.69) is 38.8 Å². The highest BCUT2D eigenvalue weighted by atomic mass is 79.9. The van der Waals surface area contributed by atoms with Gasteiger partial charge in [0.25, 0.3) is 0 Å². The zero-order valence-electron chi connectivity index (χ0n) is 10.8. The molecule has 0 amide bonds. The molecule has 2 aromatic rings. The van der Waals surface area contributed by atoms with E-state index in [1.165, 1.54) is 39.3 Å². The third-order valence-corrected chi connectivity index (χ3v) is 5.24. The number of nitrogens with two attached hydrogens (primary N) is 1. The van der Waals surface area contributed by atoms with E-state index in [-0.39, 0.29) is 5.41 Å². The van der Waals surface area contributed by atoms with E-state index < -0.39 is 0 Å². The second-order valence-corrected chi connectivity index (χ2v) is 6.64. The van der Waals surface area contributed by atoms with Crippen molar-refractivity contribution in [3.05, 3.63) is 33.9 Å². The molecule has 3 nitrogen and oxygen atoms in total. The van der Waals surface area contributed by atoms with Crippen LogP contribution in [0.15, 0.2) is 22.8 Å². The first kappa shape index (κ1) is 11.9. The molecule has 2 aliphatic heterocycles. The molecule has 0 unspecified atom stereocenters. The summed E-state index contributed by atoms with van der Waals surface area (Å²) in [4.78, 5) is 0. The Labute approximate surface area is 120 Å². The quantitative estimate of drug-likeness (QED) is 0.923. The van der Waals surface area contributed by atoms with Crippen molar-refractivity contribution in [3.63, 3.8) is 0 Å². The summed E-state index contributed by atoms with van der Waals surface area (Å²) >= 11 is 3.70. The average Bonchev–Trinajstić information content (AvgIpc) is 2.68. The van der Waals surface area contributed by atoms with Crippen molar-refractivity contribution in [2.45, 2.75) is 24.8 Å². The Hall–Kier alpha value is -0.840. The number of aromatic nitrogens is 1. The summed E-state index contributed by atoms with van der Waals surface area (Å²) in [5.41, 5.74) is 10.3. The Kier molecular flexibility index (Phi) is 2.56. The molecule has 0 atom stereocenters. The number of benzene rings is 1. The van der Waals surface area contributed by atoms with Gasteiger partial charge >= 0.3 is 0 Å². The summed E-state index contributed by atoms with van der Waals surface area (Å²) in [6, 6.07) is 4.67. The van der Waals surface area contributed by atoms with Gasteiger partial charge in [-0.15, -0.1) is 0 Å². The van der Waals surface area contributed by atoms with Crippen LogP contribution >= 0.6 is 15.9 Å². The Bertz CT molecular complexity index is 652. The van der Waals surface area contributed by atoms with Gasteiger partial charge in [-0.05, 0) is 46.0 Å². The largest absolute Gasteiger partial charge is 0.379 e. The van der Waals surface area contributed by atoms with Crippen LogP contribution in [0.25, 0.3) is 10.9 Å². The fourth-order valence-electron chi connectivity index (χ4n) is 3.35. The van der Waals surface area contributed by atoms with Gasteiger partial charge in [-0.2, -0.15) is 0 Å². The van der Waals surface area contributed by atoms with E-state index >= 15 is 0 Å². The van der Waals surface area contributed by atoms with Crippen molar-refractivity contribution in [1.82, 2.24) is 4.57 Å². The standard InChI is InChI=1S/C15H17BrN2O/c16-13-6-18-3-1-2-10-4-11(5-12(13)14(10)18)15(7-17)8-19-9-15/h4-6H,1-3,7-9,17H2. The number of hydrogen-bond acceptors (Lipinski definition) is 2. The maximum atomic E-state index is 6.00. The molecule has 0 spiro atoms. The molecule has 19 heavy (non-hydrogen) atoms. The van der Waals surface area contributed by atoms with Crippen LogP contribution in [0.2, 0.25) is 0 Å². The van der Waals surface area contributed by atoms with Crippen LogP contribution in [0, 0.1) is 0 Å². The molecular formula is C15H17BrN2O. The predicted molar refractivity (Wildman–Crippen MR) is 79.5 cm³/mol. The molecule has 1 fully saturated rings. The molecule has 3 heterocycles. The molecule has 2 N–H and O–H groups in total. The summed E-state index contributed by atoms with van der Waals surface area (Å²) in [5.74, 6) is 0. The van der Waals surface area contributed by atoms with Gasteiger partial charge in [-0.3, -0.25) is 0 Å². The number of nitrogens with zero attached hydrogens (tertiary/aromatic N) is 1. The van der Waals surface area contributed by atoms with Gasteiger partial charge in [0.2, 0.25) is 0 Å². The van der Waals surface area contributed by atoms with Gasteiger partial charge in [0.15, 0.2) is 0 Å². The number of ether oxygens (including phenoxy) is 1. The third kappa shape index (κ3) is 1.57. The third-order valence-electron chi connectivity index (χ3n) is 4.61. The minimum Gasteiger partial charge on any atom is -0.379 e. The van der Waals surface area contributed by atoms with Gasteiger partial charge in [0, 0.05) is 29.1 Å². The van der Waals surface area contributed by atoms with Crippen LogP contribution < -0.4 is 5.73 Å². The summed E-state index contributed by atoms with van der Waals surface area (Å²) < 4.78 is 8.99. The van der Waals surface area contributed by atoms with Gasteiger partial charge in [-0.1, -0.05) is 6.07 Å². The van der Waals surface area contributed by atoms with Gasteiger partial charge < -0.3 is 15.0 Å². The second kappa shape index (κ2) is 4.08. The molecule has 4 heteroatoms. The molecule has 0 aliphatic carbocycles. The van der Waals surface area contributed by atoms with Crippen molar-refractivity contribution in [2.24, 2.45) is 5.73 Å². The summed E-state index contributed by atoms with van der Waals surface area (Å²) in [6.07, 6.45) is 4.60. The highest BCUT2D eigenvalue weighted by Gasteiger charge is 2.39. The maximum Gasteiger partial charge on any atom is 0.0597 e. The zero-order chi connectivity index (χ0) is 13.0. The predicted octanol–water partition coefficient (Wildman–Crippen LogP) is 2.58. The zero-order valence-corrected chi connectivity index (χ0v) is 12.4. The topological polar surface area (TPSA) is 40.2 Å². The van der Waals surface area contributed by atoms with Crippen molar-refractivity contribution >= 4 is 26.8 Å². The van der Waals surface area contributed by atoms with Crippen molar-refractivity contribution < 1.29 is 4.74 Å². The van der Waals surface area contributed by atoms with Gasteiger partial charge in [0.05, 0.1) is 24.1 Å². The molecule has 100 valence electrons. The van der Waals surface area contributed by atoms with Crippen LogP contribution in [0.4, 0.5) is 0 Å². The second-order valence-electron chi connectivity index (χ2n) is 5.78. The number of hydrogen-bond donors (Lipinski definition) is 1. The first-order valence-electron chi connectivity index (χ1n) is 6.83. The lowest BCUT2D eigenvalue weighted by Gasteiger charge is -2.41. The highest BCUT2D eigenvalue weighted by Crippen LogP contribution is 2.39. The van der Waals surface area contributed by atoms with E-state index in [0.717, 1.165) is 19.8 Å². The summed E-state index contributed by atoms with van der Waals surface area (Å²) in [7, 11) is 0. The lowest BCUT2D eigenvalue weighted by molar-refractivity contribution is -0.0550. The fourth-order valence-corrected chi connectivity index (χ4v) is 3.90. The van der Waals surface area contributed by atoms with Crippen LogP contribution in [0.3, 0.4) is 0 Å². The number of aryl methyl sites for hydroxylation is 2. The Morgan fingerprint density at radius 2 is 2.21 bits per heavy atom. The lowest BCUT2D eigenvalue weighted by atomic mass is 9.77. The molecular weight excluding hydrogens is 304 g/mol. The summed E-state index contributed by atoms with van der Waals surface area (Å²) in [5, 5.41) is 1.33. The number of rotatable bonds is 2. The van der Waals surface area contributed by atoms with Crippen molar-refractivity contribution in [2.75, 3.05) is 19.8 Å². The Morgan fingerprint density at radius 1 is 1.37 bits per heavy atom. The smallest absolute Gasteiger partial charge is 0.0597 e. The fraction of sp³-hybridized carbons (Fsp3) is 0.467. The molecule has 0 bridgehead atoms. The summed E-state index contributed by atoms with van der Waals surface area (Å²) in [6.45, 7) is 3.30. The van der Waals surface area contributed by atoms with E-state index in [1.54, 1.807) is 0 Å².